The molecule has 0 atom stereocenters. The summed E-state index contributed by atoms with van der Waals surface area (Å²) in [5.74, 6) is -1.27. The standard InChI is InChI=1S/C35H22O4/c36-32-26-18-16-24(22-10-4-1-5-11-22)20-30(26)34(38)28(32)14-8-3-9-15-29-33(37)27-19-17-25(21-31(27)35(29)39)23-12-6-2-7-13-23/h1-21,38H/p-1. The summed E-state index contributed by atoms with van der Waals surface area (Å²) < 4.78 is 0. The third-order valence-corrected chi connectivity index (χ3v) is 6.96. The lowest BCUT2D eigenvalue weighted by atomic mass is 10.00. The van der Waals surface area contributed by atoms with Gasteiger partial charge in [0, 0.05) is 22.3 Å². The van der Waals surface area contributed by atoms with E-state index in [9.17, 15) is 19.5 Å². The van der Waals surface area contributed by atoms with Crippen molar-refractivity contribution in [3.8, 4) is 22.3 Å². The summed E-state index contributed by atoms with van der Waals surface area (Å²) in [6, 6.07) is 29.9. The van der Waals surface area contributed by atoms with Gasteiger partial charge >= 0.3 is 0 Å². The van der Waals surface area contributed by atoms with Gasteiger partial charge in [-0.2, -0.15) is 0 Å². The van der Waals surface area contributed by atoms with Crippen LogP contribution in [0.25, 0.3) is 28.0 Å². The van der Waals surface area contributed by atoms with E-state index in [1.54, 1.807) is 42.5 Å². The molecule has 0 bridgehead atoms. The molecule has 0 spiro atoms. The first-order valence-electron chi connectivity index (χ1n) is 12.5. The zero-order chi connectivity index (χ0) is 26.9. The maximum Gasteiger partial charge on any atom is 0.197 e. The minimum atomic E-state index is -0.318. The highest BCUT2D eigenvalue weighted by molar-refractivity contribution is 6.39. The van der Waals surface area contributed by atoms with Crippen LogP contribution in [0.1, 0.15) is 36.6 Å². The lowest BCUT2D eigenvalue weighted by Gasteiger charge is -2.11. The second-order valence-corrected chi connectivity index (χ2v) is 9.31. The lowest BCUT2D eigenvalue weighted by molar-refractivity contribution is -0.244. The number of benzene rings is 4. The van der Waals surface area contributed by atoms with Crippen molar-refractivity contribution in [2.24, 2.45) is 0 Å². The molecule has 0 heterocycles. The fourth-order valence-electron chi connectivity index (χ4n) is 4.94. The normalized spacial score (nSPS) is 15.7. The van der Waals surface area contributed by atoms with Crippen molar-refractivity contribution < 1.29 is 19.5 Å². The van der Waals surface area contributed by atoms with E-state index in [2.05, 4.69) is 0 Å². The molecule has 0 unspecified atom stereocenters. The van der Waals surface area contributed by atoms with E-state index < -0.39 is 0 Å². The Morgan fingerprint density at radius 2 is 1.03 bits per heavy atom. The molecule has 6 rings (SSSR count). The Kier molecular flexibility index (Phi) is 6.06. The van der Waals surface area contributed by atoms with Crippen molar-refractivity contribution in [2.45, 2.75) is 0 Å². The minimum absolute atomic E-state index is 0.0846. The van der Waals surface area contributed by atoms with Gasteiger partial charge in [0.05, 0.1) is 5.57 Å². The summed E-state index contributed by atoms with van der Waals surface area (Å²) in [5, 5.41) is 13.0. The molecule has 2 aliphatic rings. The van der Waals surface area contributed by atoms with Gasteiger partial charge in [-0.25, -0.2) is 0 Å². The SMILES string of the molecule is O=C1C(=CC=CC=CC2=C([O-])c3cc(-c4ccccc4)ccc3C2=O)C(=O)c2cc(-c3ccccc3)ccc21. The average Bonchev–Trinajstić information content (AvgIpc) is 3.37. The Bertz CT molecular complexity index is 1790. The highest BCUT2D eigenvalue weighted by Crippen LogP contribution is 2.34. The van der Waals surface area contributed by atoms with Crippen molar-refractivity contribution in [1.29, 1.82) is 0 Å². The van der Waals surface area contributed by atoms with Crippen LogP contribution in [-0.4, -0.2) is 17.3 Å². The van der Waals surface area contributed by atoms with Gasteiger partial charge < -0.3 is 5.11 Å². The molecule has 4 nitrogen and oxygen atoms in total. The van der Waals surface area contributed by atoms with E-state index in [4.69, 9.17) is 0 Å². The van der Waals surface area contributed by atoms with Crippen LogP contribution in [0.15, 0.2) is 139 Å². The van der Waals surface area contributed by atoms with Crippen molar-refractivity contribution >= 4 is 23.1 Å². The molecular weight excluding hydrogens is 484 g/mol. The van der Waals surface area contributed by atoms with E-state index in [-0.39, 0.29) is 34.3 Å². The Labute approximate surface area is 225 Å². The van der Waals surface area contributed by atoms with Crippen LogP contribution in [0.4, 0.5) is 0 Å². The number of carbonyl (C=O) groups is 3. The molecule has 4 heteroatoms. The molecular formula is C35H21O4-. The Morgan fingerprint density at radius 3 is 1.64 bits per heavy atom. The Balaban J connectivity index is 1.20. The van der Waals surface area contributed by atoms with E-state index in [1.165, 1.54) is 12.2 Å². The zero-order valence-electron chi connectivity index (χ0n) is 20.8. The number of hydrogen-bond acceptors (Lipinski definition) is 4. The molecule has 0 radical (unpaired) electrons. The quantitative estimate of drug-likeness (QED) is 0.179. The number of hydrogen-bond donors (Lipinski definition) is 0. The molecule has 2 aliphatic carbocycles. The molecule has 0 saturated carbocycles. The summed E-state index contributed by atoms with van der Waals surface area (Å²) in [6.45, 7) is 0. The Hall–Kier alpha value is -5.35. The van der Waals surface area contributed by atoms with E-state index in [1.807, 2.05) is 72.8 Å². The monoisotopic (exact) mass is 505 g/mol. The largest absolute Gasteiger partial charge is 0.872 e. The van der Waals surface area contributed by atoms with Gasteiger partial charge in [-0.15, -0.1) is 0 Å². The predicted molar refractivity (Wildman–Crippen MR) is 150 cm³/mol. The van der Waals surface area contributed by atoms with Crippen molar-refractivity contribution in [3.05, 3.63) is 161 Å². The van der Waals surface area contributed by atoms with Crippen LogP contribution in [0, 0.1) is 0 Å². The number of ketones is 3. The molecule has 0 fully saturated rings. The van der Waals surface area contributed by atoms with E-state index in [0.717, 1.165) is 22.3 Å². The van der Waals surface area contributed by atoms with Crippen molar-refractivity contribution in [2.75, 3.05) is 0 Å². The number of carbonyl (C=O) groups excluding carboxylic acids is 3. The molecule has 186 valence electrons. The first kappa shape index (κ1) is 24.0. The summed E-state index contributed by atoms with van der Waals surface area (Å²) in [7, 11) is 0. The van der Waals surface area contributed by atoms with Crippen LogP contribution in [0.2, 0.25) is 0 Å². The maximum atomic E-state index is 13.0. The number of fused-ring (bicyclic) bond motifs is 2. The molecule has 39 heavy (non-hydrogen) atoms. The molecule has 0 aromatic heterocycles. The molecule has 4 aromatic rings. The van der Waals surface area contributed by atoms with Gasteiger partial charge in [0.25, 0.3) is 0 Å². The third-order valence-electron chi connectivity index (χ3n) is 6.96. The van der Waals surface area contributed by atoms with Gasteiger partial charge in [-0.1, -0.05) is 103 Å². The summed E-state index contributed by atoms with van der Waals surface area (Å²) >= 11 is 0. The minimum Gasteiger partial charge on any atom is -0.872 e. The smallest absolute Gasteiger partial charge is 0.197 e. The van der Waals surface area contributed by atoms with Gasteiger partial charge in [-0.3, -0.25) is 14.4 Å². The van der Waals surface area contributed by atoms with Crippen LogP contribution >= 0.6 is 0 Å². The molecule has 0 amide bonds. The van der Waals surface area contributed by atoms with Crippen LogP contribution < -0.4 is 5.11 Å². The molecule has 0 N–H and O–H groups in total. The predicted octanol–water partition coefficient (Wildman–Crippen LogP) is 6.41. The number of rotatable bonds is 5. The van der Waals surface area contributed by atoms with E-state index in [0.29, 0.717) is 22.3 Å². The van der Waals surface area contributed by atoms with Crippen LogP contribution in [-0.2, 0) is 0 Å². The van der Waals surface area contributed by atoms with Crippen LogP contribution in [0.3, 0.4) is 0 Å². The summed E-state index contributed by atoms with van der Waals surface area (Å²) in [4.78, 5) is 38.6. The first-order valence-corrected chi connectivity index (χ1v) is 12.5. The van der Waals surface area contributed by atoms with Crippen molar-refractivity contribution in [3.63, 3.8) is 0 Å². The van der Waals surface area contributed by atoms with Gasteiger partial charge in [0.2, 0.25) is 0 Å². The molecule has 0 aliphatic heterocycles. The van der Waals surface area contributed by atoms with Gasteiger partial charge in [-0.05, 0) is 58.2 Å². The fourth-order valence-corrected chi connectivity index (χ4v) is 4.94. The summed E-state index contributed by atoms with van der Waals surface area (Å²) in [6.07, 6.45) is 7.67. The second kappa shape index (κ2) is 9.84. The number of allylic oxidation sites excluding steroid dienone is 7. The second-order valence-electron chi connectivity index (χ2n) is 9.31. The third kappa shape index (κ3) is 4.28. The Morgan fingerprint density at radius 1 is 0.487 bits per heavy atom. The summed E-state index contributed by atoms with van der Waals surface area (Å²) in [5.41, 5.74) is 5.40. The molecule has 4 aromatic carbocycles. The number of Topliss-reactive ketones (excluding diaryl/α,β-unsaturated/α-hetero) is 3. The zero-order valence-corrected chi connectivity index (χ0v) is 20.8. The van der Waals surface area contributed by atoms with Crippen molar-refractivity contribution in [1.82, 2.24) is 0 Å². The average molecular weight is 506 g/mol. The lowest BCUT2D eigenvalue weighted by Crippen LogP contribution is -2.02. The van der Waals surface area contributed by atoms with Crippen LogP contribution in [0.5, 0.6) is 0 Å². The van der Waals surface area contributed by atoms with Gasteiger partial charge in [0.1, 0.15) is 0 Å². The first-order chi connectivity index (χ1) is 19.0. The fraction of sp³-hybridized carbons (Fsp3) is 0. The molecule has 0 saturated heterocycles. The highest BCUT2D eigenvalue weighted by Gasteiger charge is 2.32. The maximum absolute atomic E-state index is 13.0. The topological polar surface area (TPSA) is 74.3 Å². The highest BCUT2D eigenvalue weighted by atomic mass is 16.3. The van der Waals surface area contributed by atoms with Gasteiger partial charge in [0.15, 0.2) is 17.3 Å². The van der Waals surface area contributed by atoms with E-state index >= 15 is 0 Å².